The number of rotatable bonds is 17. The van der Waals surface area contributed by atoms with Crippen molar-refractivity contribution in [2.45, 2.75) is 75.7 Å². The van der Waals surface area contributed by atoms with E-state index in [1.807, 2.05) is 0 Å². The molecule has 0 bridgehead atoms. The number of nitrogens with one attached hydrogen (secondary N) is 3. The van der Waals surface area contributed by atoms with Crippen LogP contribution in [0.5, 0.6) is 0 Å². The average Bonchev–Trinajstić information content (AvgIpc) is 2.84. The van der Waals surface area contributed by atoms with Gasteiger partial charge in [0, 0.05) is 12.8 Å². The Hall–Kier alpha value is -3.55. The number of carbonyl (C=O) groups excluding carboxylic acids is 3. The van der Waals surface area contributed by atoms with Crippen LogP contribution in [0.3, 0.4) is 0 Å². The third kappa shape index (κ3) is 11.8. The normalized spacial score (nSPS) is 14.9. The van der Waals surface area contributed by atoms with Crippen LogP contribution in [0.2, 0.25) is 0 Å². The molecule has 0 aliphatic rings. The molecule has 5 unspecified atom stereocenters. The van der Waals surface area contributed by atoms with Crippen LogP contribution in [-0.2, 0) is 30.4 Å². The highest BCUT2D eigenvalue weighted by molar-refractivity contribution is 5.94. The van der Waals surface area contributed by atoms with Gasteiger partial charge in [0.1, 0.15) is 18.1 Å². The first kappa shape index (κ1) is 31.5. The highest BCUT2D eigenvalue weighted by Gasteiger charge is 2.32. The molecule has 13 heteroatoms. The summed E-state index contributed by atoms with van der Waals surface area (Å²) in [5.41, 5.74) is 11.9. The summed E-state index contributed by atoms with van der Waals surface area (Å²) < 4.78 is 0. The molecule has 10 N–H and O–H groups in total. The van der Waals surface area contributed by atoms with E-state index in [0.29, 0.717) is 24.9 Å². The van der Waals surface area contributed by atoms with Crippen LogP contribution in [-0.4, -0.2) is 81.8 Å². The molecule has 3 amide bonds. The number of carboxylic acid groups (broad SMARTS) is 2. The molecule has 0 aliphatic carbocycles. The zero-order valence-corrected chi connectivity index (χ0v) is 20.8. The maximum absolute atomic E-state index is 13.1. The lowest BCUT2D eigenvalue weighted by Crippen LogP contribution is -2.60. The predicted octanol–water partition coefficient (Wildman–Crippen LogP) is -1.53. The van der Waals surface area contributed by atoms with Gasteiger partial charge in [-0.2, -0.15) is 0 Å². The first-order chi connectivity index (χ1) is 17.5. The maximum atomic E-state index is 13.1. The van der Waals surface area contributed by atoms with E-state index < -0.39 is 59.9 Å². The van der Waals surface area contributed by atoms with Crippen molar-refractivity contribution >= 4 is 29.7 Å². The number of hydrogen-bond acceptors (Lipinski definition) is 8. The number of aliphatic hydroxyl groups is 1. The Morgan fingerprint density at radius 2 is 1.49 bits per heavy atom. The van der Waals surface area contributed by atoms with Gasteiger partial charge in [-0.1, -0.05) is 30.3 Å². The summed E-state index contributed by atoms with van der Waals surface area (Å²) in [6.45, 7) is 1.61. The number of nitrogens with two attached hydrogens (primary N) is 2. The predicted molar refractivity (Wildman–Crippen MR) is 133 cm³/mol. The number of carboxylic acids is 2. The van der Waals surface area contributed by atoms with E-state index in [1.54, 1.807) is 30.3 Å². The van der Waals surface area contributed by atoms with Gasteiger partial charge in [-0.25, -0.2) is 4.79 Å². The van der Waals surface area contributed by atoms with E-state index in [9.17, 15) is 34.2 Å². The molecule has 0 heterocycles. The molecule has 0 radical (unpaired) electrons. The first-order valence-corrected chi connectivity index (χ1v) is 12.0. The Morgan fingerprint density at radius 1 is 0.865 bits per heavy atom. The quantitative estimate of drug-likeness (QED) is 0.110. The second kappa shape index (κ2) is 16.2. The molecule has 0 saturated heterocycles. The lowest BCUT2D eigenvalue weighted by molar-refractivity contribution is -0.143. The van der Waals surface area contributed by atoms with Crippen molar-refractivity contribution in [2.24, 2.45) is 11.5 Å². The third-order valence-corrected chi connectivity index (χ3v) is 5.55. The van der Waals surface area contributed by atoms with Gasteiger partial charge in [-0.3, -0.25) is 19.2 Å². The molecule has 1 aromatic carbocycles. The molecule has 1 aromatic rings. The topological polar surface area (TPSA) is 234 Å². The van der Waals surface area contributed by atoms with Crippen molar-refractivity contribution in [3.8, 4) is 0 Å². The number of benzene rings is 1. The number of aliphatic carboxylic acids is 2. The third-order valence-electron chi connectivity index (χ3n) is 5.55. The zero-order valence-electron chi connectivity index (χ0n) is 20.8. The molecule has 0 aliphatic heterocycles. The van der Waals surface area contributed by atoms with Crippen molar-refractivity contribution in [1.29, 1.82) is 0 Å². The minimum Gasteiger partial charge on any atom is -0.481 e. The fraction of sp³-hybridized carbons (Fsp3) is 0.542. The van der Waals surface area contributed by atoms with Gasteiger partial charge >= 0.3 is 11.9 Å². The van der Waals surface area contributed by atoms with Crippen LogP contribution in [0.15, 0.2) is 30.3 Å². The highest BCUT2D eigenvalue weighted by Crippen LogP contribution is 2.07. The lowest BCUT2D eigenvalue weighted by atomic mass is 10.0. The molecule has 0 fully saturated rings. The van der Waals surface area contributed by atoms with E-state index in [-0.39, 0.29) is 25.7 Å². The number of amides is 3. The standard InChI is InChI=1S/C24H37N5O8/c1-14(30)20(23(35)27-17(24(36)37)9-5-6-12-25)29-22(34)18(13-15-7-3-2-4-8-15)28-21(33)16(26)10-11-19(31)32/h2-4,7-8,14,16-18,20,30H,5-6,9-13,25-26H2,1H3,(H,27,35)(H,28,33)(H,29,34)(H,31,32)(H,36,37). The van der Waals surface area contributed by atoms with Gasteiger partial charge in [0.2, 0.25) is 17.7 Å². The van der Waals surface area contributed by atoms with Crippen LogP contribution in [0.25, 0.3) is 0 Å². The van der Waals surface area contributed by atoms with Crippen LogP contribution >= 0.6 is 0 Å². The monoisotopic (exact) mass is 523 g/mol. The molecule has 0 spiro atoms. The minimum atomic E-state index is -1.51. The number of aliphatic hydroxyl groups excluding tert-OH is 1. The van der Waals surface area contributed by atoms with E-state index in [4.69, 9.17) is 16.6 Å². The summed E-state index contributed by atoms with van der Waals surface area (Å²) in [5.74, 6) is -4.90. The SMILES string of the molecule is CC(O)C(NC(=O)C(Cc1ccccc1)NC(=O)C(N)CCC(=O)O)C(=O)NC(CCCCN)C(=O)O. The average molecular weight is 524 g/mol. The minimum absolute atomic E-state index is 0.00898. The Labute approximate surface area is 215 Å². The fourth-order valence-corrected chi connectivity index (χ4v) is 3.42. The van der Waals surface area contributed by atoms with Crippen LogP contribution < -0.4 is 27.4 Å². The van der Waals surface area contributed by atoms with Crippen LogP contribution in [0.1, 0.15) is 44.6 Å². The lowest BCUT2D eigenvalue weighted by Gasteiger charge is -2.26. The number of carbonyl (C=O) groups is 5. The van der Waals surface area contributed by atoms with Crippen LogP contribution in [0, 0.1) is 0 Å². The van der Waals surface area contributed by atoms with E-state index in [1.165, 1.54) is 6.92 Å². The highest BCUT2D eigenvalue weighted by atomic mass is 16.4. The van der Waals surface area contributed by atoms with E-state index in [0.717, 1.165) is 0 Å². The molecule has 0 aromatic heterocycles. The summed E-state index contributed by atoms with van der Waals surface area (Å²) in [6, 6.07) is 3.48. The van der Waals surface area contributed by atoms with Crippen molar-refractivity contribution in [1.82, 2.24) is 16.0 Å². The van der Waals surface area contributed by atoms with Crippen LogP contribution in [0.4, 0.5) is 0 Å². The molecule has 1 rings (SSSR count). The van der Waals surface area contributed by atoms with Gasteiger partial charge in [0.15, 0.2) is 0 Å². The Bertz CT molecular complexity index is 912. The molecular weight excluding hydrogens is 486 g/mol. The Balaban J connectivity index is 3.02. The van der Waals surface area contributed by atoms with Gasteiger partial charge in [0.25, 0.3) is 0 Å². The van der Waals surface area contributed by atoms with E-state index >= 15 is 0 Å². The summed E-state index contributed by atoms with van der Waals surface area (Å²) in [5, 5.41) is 35.6. The summed E-state index contributed by atoms with van der Waals surface area (Å²) >= 11 is 0. The van der Waals surface area contributed by atoms with Crippen molar-refractivity contribution < 1.29 is 39.3 Å². The molecule has 37 heavy (non-hydrogen) atoms. The van der Waals surface area contributed by atoms with Crippen molar-refractivity contribution in [3.05, 3.63) is 35.9 Å². The molecule has 5 atom stereocenters. The van der Waals surface area contributed by atoms with Gasteiger partial charge in [0.05, 0.1) is 12.1 Å². The Morgan fingerprint density at radius 3 is 2.03 bits per heavy atom. The first-order valence-electron chi connectivity index (χ1n) is 12.0. The summed E-state index contributed by atoms with van der Waals surface area (Å²) in [4.78, 5) is 60.8. The van der Waals surface area contributed by atoms with Gasteiger partial charge in [-0.15, -0.1) is 0 Å². The molecule has 13 nitrogen and oxygen atoms in total. The maximum Gasteiger partial charge on any atom is 0.326 e. The Kier molecular flexibility index (Phi) is 13.8. The molecule has 0 saturated carbocycles. The fourth-order valence-electron chi connectivity index (χ4n) is 3.42. The number of unbranched alkanes of at least 4 members (excludes halogenated alkanes) is 1. The summed E-state index contributed by atoms with van der Waals surface area (Å²) in [6.07, 6.45) is -0.758. The van der Waals surface area contributed by atoms with E-state index in [2.05, 4.69) is 16.0 Å². The number of hydrogen-bond donors (Lipinski definition) is 8. The smallest absolute Gasteiger partial charge is 0.326 e. The zero-order chi connectivity index (χ0) is 28.0. The second-order valence-electron chi connectivity index (χ2n) is 8.70. The van der Waals surface area contributed by atoms with Crippen molar-refractivity contribution in [2.75, 3.05) is 6.54 Å². The second-order valence-corrected chi connectivity index (χ2v) is 8.70. The van der Waals surface area contributed by atoms with Gasteiger partial charge in [-0.05, 0) is 44.7 Å². The van der Waals surface area contributed by atoms with Crippen molar-refractivity contribution in [3.63, 3.8) is 0 Å². The molecule has 206 valence electrons. The summed E-state index contributed by atoms with van der Waals surface area (Å²) in [7, 11) is 0. The molecular formula is C24H37N5O8. The largest absolute Gasteiger partial charge is 0.481 e. The van der Waals surface area contributed by atoms with Gasteiger partial charge < -0.3 is 42.7 Å².